The van der Waals surface area contributed by atoms with Gasteiger partial charge in [0, 0.05) is 19.2 Å². The molecule has 1 aliphatic rings. The van der Waals surface area contributed by atoms with Crippen molar-refractivity contribution in [2.75, 3.05) is 7.11 Å². The predicted molar refractivity (Wildman–Crippen MR) is 149 cm³/mol. The fraction of sp³-hybridized carbons (Fsp3) is 0.120. The van der Waals surface area contributed by atoms with Crippen LogP contribution in [-0.2, 0) is 16.1 Å². The highest BCUT2D eigenvalue weighted by molar-refractivity contribution is 14.1. The summed E-state index contributed by atoms with van der Waals surface area (Å²) in [5, 5.41) is 0. The van der Waals surface area contributed by atoms with Gasteiger partial charge in [-0.1, -0.05) is 40.2 Å². The molecule has 8 heteroatoms. The van der Waals surface area contributed by atoms with Gasteiger partial charge >= 0.3 is 5.97 Å². The van der Waals surface area contributed by atoms with Crippen molar-refractivity contribution in [3.8, 4) is 11.5 Å². The van der Waals surface area contributed by atoms with E-state index in [9.17, 15) is 4.79 Å². The highest BCUT2D eigenvalue weighted by Crippen LogP contribution is 2.36. The molecule has 168 valence electrons. The van der Waals surface area contributed by atoms with Crippen molar-refractivity contribution < 1.29 is 19.0 Å². The van der Waals surface area contributed by atoms with Crippen LogP contribution in [0.2, 0.25) is 0 Å². The molecule has 0 spiro atoms. The maximum Gasteiger partial charge on any atom is 0.363 e. The van der Waals surface area contributed by atoms with Crippen LogP contribution in [0.15, 0.2) is 69.8 Å². The zero-order chi connectivity index (χ0) is 23.5. The Morgan fingerprint density at radius 3 is 2.61 bits per heavy atom. The maximum absolute atomic E-state index is 12.4. The van der Waals surface area contributed by atoms with Crippen LogP contribution in [0, 0.1) is 14.1 Å². The van der Waals surface area contributed by atoms with Crippen LogP contribution in [0.25, 0.3) is 6.08 Å². The number of nitrogens with zero attached hydrogens (tertiary/aromatic N) is 1. The van der Waals surface area contributed by atoms with Crippen LogP contribution in [0.1, 0.15) is 22.3 Å². The molecule has 0 radical (unpaired) electrons. The Morgan fingerprint density at radius 1 is 1.09 bits per heavy atom. The Morgan fingerprint density at radius 2 is 1.88 bits per heavy atom. The normalized spacial score (nSPS) is 14.3. The molecule has 0 saturated carbocycles. The lowest BCUT2D eigenvalue weighted by Crippen LogP contribution is -2.05. The lowest BCUT2D eigenvalue weighted by atomic mass is 10.1. The smallest absolute Gasteiger partial charge is 0.363 e. The zero-order valence-corrected chi connectivity index (χ0v) is 23.6. The summed E-state index contributed by atoms with van der Waals surface area (Å²) in [6, 6.07) is 17.5. The van der Waals surface area contributed by atoms with Gasteiger partial charge in [0.25, 0.3) is 0 Å². The molecule has 0 N–H and O–H groups in total. The summed E-state index contributed by atoms with van der Waals surface area (Å²) in [5.41, 5.74) is 3.96. The van der Waals surface area contributed by atoms with Gasteiger partial charge in [-0.3, -0.25) is 0 Å². The number of aliphatic imine (C=N–C) groups is 1. The first kappa shape index (κ1) is 24.2. The Labute approximate surface area is 227 Å². The van der Waals surface area contributed by atoms with Crippen molar-refractivity contribution in [3.63, 3.8) is 0 Å². The number of aryl methyl sites for hydroxylation is 1. The third-order valence-electron chi connectivity index (χ3n) is 4.92. The van der Waals surface area contributed by atoms with Gasteiger partial charge in [-0.05, 0) is 99.6 Å². The molecule has 0 saturated heterocycles. The van der Waals surface area contributed by atoms with Gasteiger partial charge < -0.3 is 14.2 Å². The Kier molecular flexibility index (Phi) is 7.75. The molecule has 0 fully saturated rings. The molecule has 0 bridgehead atoms. The molecule has 33 heavy (non-hydrogen) atoms. The third kappa shape index (κ3) is 5.60. The average molecular weight is 730 g/mol. The topological polar surface area (TPSA) is 57.1 Å². The number of rotatable bonds is 6. The fourth-order valence-corrected chi connectivity index (χ4v) is 4.84. The molecule has 0 aromatic heterocycles. The van der Waals surface area contributed by atoms with E-state index in [4.69, 9.17) is 14.2 Å². The van der Waals surface area contributed by atoms with E-state index in [0.717, 1.165) is 33.9 Å². The van der Waals surface area contributed by atoms with Crippen LogP contribution >= 0.6 is 61.1 Å². The minimum Gasteiger partial charge on any atom is -0.493 e. The molecular weight excluding hydrogens is 712 g/mol. The van der Waals surface area contributed by atoms with E-state index in [2.05, 4.69) is 66.1 Å². The highest BCUT2D eigenvalue weighted by Gasteiger charge is 2.25. The lowest BCUT2D eigenvalue weighted by molar-refractivity contribution is -0.129. The molecule has 5 nitrogen and oxygen atoms in total. The van der Waals surface area contributed by atoms with E-state index in [0.29, 0.717) is 24.0 Å². The van der Waals surface area contributed by atoms with Crippen LogP contribution in [0.4, 0.5) is 0 Å². The van der Waals surface area contributed by atoms with Gasteiger partial charge in [-0.2, -0.15) is 0 Å². The average Bonchev–Trinajstić information content (AvgIpc) is 3.15. The number of esters is 1. The van der Waals surface area contributed by atoms with Crippen molar-refractivity contribution in [1.82, 2.24) is 0 Å². The second-order valence-corrected chi connectivity index (χ2v) is 10.4. The summed E-state index contributed by atoms with van der Waals surface area (Å²) in [5.74, 6) is 1.04. The highest BCUT2D eigenvalue weighted by atomic mass is 127. The first-order valence-corrected chi connectivity index (χ1v) is 12.8. The van der Waals surface area contributed by atoms with Gasteiger partial charge in [0.15, 0.2) is 17.2 Å². The van der Waals surface area contributed by atoms with E-state index in [-0.39, 0.29) is 5.70 Å². The summed E-state index contributed by atoms with van der Waals surface area (Å²) < 4.78 is 20.0. The molecule has 4 rings (SSSR count). The molecule has 3 aromatic carbocycles. The summed E-state index contributed by atoms with van der Waals surface area (Å²) >= 11 is 7.99. The summed E-state index contributed by atoms with van der Waals surface area (Å²) in [6.07, 6.45) is 1.69. The third-order valence-corrected chi connectivity index (χ3v) is 7.66. The molecule has 3 aromatic rings. The Bertz CT molecular complexity index is 1300. The van der Waals surface area contributed by atoms with E-state index in [1.54, 1.807) is 13.2 Å². The number of carbonyl (C=O) groups excluding carboxylic acids is 1. The maximum atomic E-state index is 12.4. The van der Waals surface area contributed by atoms with Crippen molar-refractivity contribution in [2.24, 2.45) is 4.99 Å². The number of methoxy groups -OCH3 is 1. The first-order valence-electron chi connectivity index (χ1n) is 9.88. The summed E-state index contributed by atoms with van der Waals surface area (Å²) in [7, 11) is 1.59. The number of benzene rings is 3. The number of halogens is 3. The van der Waals surface area contributed by atoms with E-state index in [1.807, 2.05) is 61.5 Å². The van der Waals surface area contributed by atoms with Crippen LogP contribution < -0.4 is 9.47 Å². The Hall–Kier alpha value is -1.92. The van der Waals surface area contributed by atoms with Gasteiger partial charge in [0.2, 0.25) is 5.90 Å². The van der Waals surface area contributed by atoms with E-state index < -0.39 is 5.97 Å². The number of carbonyl (C=O) groups is 1. The van der Waals surface area contributed by atoms with Crippen LogP contribution in [0.3, 0.4) is 0 Å². The minimum absolute atomic E-state index is 0.236. The van der Waals surface area contributed by atoms with Crippen molar-refractivity contribution in [1.29, 1.82) is 0 Å². The van der Waals surface area contributed by atoms with Crippen molar-refractivity contribution in [3.05, 3.63) is 94.2 Å². The molecule has 0 amide bonds. The van der Waals surface area contributed by atoms with Crippen LogP contribution in [0.5, 0.6) is 11.5 Å². The largest absolute Gasteiger partial charge is 0.493 e. The molecule has 0 unspecified atom stereocenters. The molecular formula is C25H18BrI2NO4. The van der Waals surface area contributed by atoms with Crippen molar-refractivity contribution >= 4 is 79.1 Å². The zero-order valence-electron chi connectivity index (χ0n) is 17.7. The number of hydrogen-bond donors (Lipinski definition) is 0. The minimum atomic E-state index is -0.483. The van der Waals surface area contributed by atoms with Gasteiger partial charge in [-0.15, -0.1) is 0 Å². The fourth-order valence-electron chi connectivity index (χ4n) is 3.14. The van der Waals surface area contributed by atoms with E-state index >= 15 is 0 Å². The van der Waals surface area contributed by atoms with Gasteiger partial charge in [-0.25, -0.2) is 9.79 Å². The number of cyclic esters (lactones) is 1. The van der Waals surface area contributed by atoms with Crippen LogP contribution in [-0.4, -0.2) is 19.0 Å². The molecule has 1 aliphatic heterocycles. The van der Waals surface area contributed by atoms with E-state index in [1.165, 1.54) is 0 Å². The molecule has 1 heterocycles. The monoisotopic (exact) mass is 729 g/mol. The standard InChI is InChI=1S/C25H18BrI2NO4/c1-14-7-8-16(12-19(14)27)24-29-21(25(30)33-24)10-15-9-20(28)23(22(11-15)31-2)32-13-17-5-3-4-6-18(17)26/h3-12H,13H2,1-2H3/b21-10-. The summed E-state index contributed by atoms with van der Waals surface area (Å²) in [6.45, 7) is 2.42. The SMILES string of the molecule is COc1cc(/C=C2\N=C(c3ccc(C)c(I)c3)OC2=O)cc(I)c1OCc1ccccc1Br. The molecule has 0 aliphatic carbocycles. The van der Waals surface area contributed by atoms with Crippen molar-refractivity contribution in [2.45, 2.75) is 13.5 Å². The van der Waals surface area contributed by atoms with Gasteiger partial charge in [0.1, 0.15) is 6.61 Å². The second-order valence-electron chi connectivity index (χ2n) is 7.21. The summed E-state index contributed by atoms with van der Waals surface area (Å²) in [4.78, 5) is 16.9. The molecule has 0 atom stereocenters. The quantitative estimate of drug-likeness (QED) is 0.158. The predicted octanol–water partition coefficient (Wildman–Crippen LogP) is 6.90. The number of ether oxygens (including phenoxy) is 3. The first-order chi connectivity index (χ1) is 15.9. The Balaban J connectivity index is 1.60. The second kappa shape index (κ2) is 10.6. The lowest BCUT2D eigenvalue weighted by Gasteiger charge is -2.14. The van der Waals surface area contributed by atoms with Gasteiger partial charge in [0.05, 0.1) is 10.7 Å². The number of hydrogen-bond acceptors (Lipinski definition) is 5.